The number of hydrogen-bond acceptors (Lipinski definition) is 7. The van der Waals surface area contributed by atoms with Crippen LogP contribution in [0, 0.1) is 22.9 Å². The third kappa shape index (κ3) is 3.43. The van der Waals surface area contributed by atoms with Crippen molar-refractivity contribution in [2.45, 2.75) is 13.5 Å². The first-order chi connectivity index (χ1) is 13.0. The number of anilines is 1. The van der Waals surface area contributed by atoms with Crippen LogP contribution in [0.1, 0.15) is 11.4 Å². The van der Waals surface area contributed by atoms with Crippen LogP contribution in [-0.2, 0) is 6.54 Å². The Balaban J connectivity index is 1.45. The van der Waals surface area contributed by atoms with E-state index < -0.39 is 10.7 Å². The van der Waals surface area contributed by atoms with Gasteiger partial charge < -0.3 is 4.90 Å². The normalized spacial score (nSPS) is 15.4. The maximum atomic E-state index is 13.5. The first kappa shape index (κ1) is 17.3. The molecule has 1 saturated heterocycles. The fourth-order valence-corrected chi connectivity index (χ4v) is 3.29. The Morgan fingerprint density at radius 3 is 2.67 bits per heavy atom. The Hall–Kier alpha value is -3.14. The van der Waals surface area contributed by atoms with Gasteiger partial charge in [0.1, 0.15) is 11.6 Å². The Bertz CT molecular complexity index is 998. The lowest BCUT2D eigenvalue weighted by molar-refractivity contribution is -0.385. The van der Waals surface area contributed by atoms with E-state index in [9.17, 15) is 14.5 Å². The minimum absolute atomic E-state index is 0.0472. The van der Waals surface area contributed by atoms with Gasteiger partial charge in [-0.05, 0) is 31.2 Å². The van der Waals surface area contributed by atoms with Crippen LogP contribution in [0.2, 0.25) is 0 Å². The molecule has 4 rings (SSSR count). The molecule has 0 bridgehead atoms. The van der Waals surface area contributed by atoms with Crippen molar-refractivity contribution in [3.63, 3.8) is 0 Å². The number of halogens is 1. The number of benzene rings is 1. The van der Waals surface area contributed by atoms with E-state index in [2.05, 4.69) is 25.1 Å². The second kappa shape index (κ2) is 6.88. The van der Waals surface area contributed by atoms with E-state index >= 15 is 0 Å². The van der Waals surface area contributed by atoms with Gasteiger partial charge in [0.25, 0.3) is 5.69 Å². The fraction of sp³-hybridized carbons (Fsp3) is 0.353. The second-order valence-corrected chi connectivity index (χ2v) is 6.50. The molecule has 1 aliphatic heterocycles. The molecular weight excluding hydrogens is 353 g/mol. The van der Waals surface area contributed by atoms with Crippen LogP contribution in [0.5, 0.6) is 0 Å². The zero-order valence-electron chi connectivity index (χ0n) is 14.7. The number of aryl methyl sites for hydroxylation is 1. The Morgan fingerprint density at radius 2 is 1.93 bits per heavy atom. The highest BCUT2D eigenvalue weighted by molar-refractivity contribution is 5.46. The molecule has 1 aromatic carbocycles. The standard InChI is InChI=1S/C17H18FN7O2/c1-12-19-20-16-4-5-17(21-24(12)16)23-8-6-22(7-9-23)11-13-10-14(18)2-3-15(13)25(26)27/h2-5,10H,6-9,11H2,1H3. The molecule has 140 valence electrons. The van der Waals surface area contributed by atoms with E-state index in [0.717, 1.165) is 30.8 Å². The number of aromatic nitrogens is 4. The zero-order valence-corrected chi connectivity index (χ0v) is 14.7. The van der Waals surface area contributed by atoms with Crippen LogP contribution >= 0.6 is 0 Å². The molecule has 0 aliphatic carbocycles. The van der Waals surface area contributed by atoms with E-state index in [0.29, 0.717) is 30.8 Å². The molecule has 10 heteroatoms. The summed E-state index contributed by atoms with van der Waals surface area (Å²) in [6, 6.07) is 7.38. The molecule has 1 fully saturated rings. The summed E-state index contributed by atoms with van der Waals surface area (Å²) in [4.78, 5) is 14.9. The lowest BCUT2D eigenvalue weighted by atomic mass is 10.1. The van der Waals surface area contributed by atoms with E-state index in [-0.39, 0.29) is 5.69 Å². The minimum atomic E-state index is -0.467. The molecule has 3 aromatic rings. The summed E-state index contributed by atoms with van der Waals surface area (Å²) in [5.74, 6) is 1.10. The molecule has 27 heavy (non-hydrogen) atoms. The first-order valence-corrected chi connectivity index (χ1v) is 8.60. The molecule has 0 radical (unpaired) electrons. The van der Waals surface area contributed by atoms with Gasteiger partial charge in [0.05, 0.1) is 4.92 Å². The lowest BCUT2D eigenvalue weighted by Crippen LogP contribution is -2.46. The summed E-state index contributed by atoms with van der Waals surface area (Å²) < 4.78 is 15.2. The Labute approximate surface area is 154 Å². The van der Waals surface area contributed by atoms with E-state index in [1.807, 2.05) is 19.1 Å². The lowest BCUT2D eigenvalue weighted by Gasteiger charge is -2.35. The molecule has 0 unspecified atom stereocenters. The van der Waals surface area contributed by atoms with E-state index in [4.69, 9.17) is 0 Å². The highest BCUT2D eigenvalue weighted by atomic mass is 19.1. The molecule has 0 N–H and O–H groups in total. The van der Waals surface area contributed by atoms with Gasteiger partial charge in [0.2, 0.25) is 0 Å². The van der Waals surface area contributed by atoms with Crippen LogP contribution in [0.15, 0.2) is 30.3 Å². The molecule has 0 spiro atoms. The summed E-state index contributed by atoms with van der Waals surface area (Å²) in [5.41, 5.74) is 1.05. The van der Waals surface area contributed by atoms with Crippen molar-refractivity contribution in [1.82, 2.24) is 24.7 Å². The summed E-state index contributed by atoms with van der Waals surface area (Å²) >= 11 is 0. The third-order valence-corrected chi connectivity index (χ3v) is 4.73. The van der Waals surface area contributed by atoms with Crippen molar-refractivity contribution < 1.29 is 9.31 Å². The first-order valence-electron chi connectivity index (χ1n) is 8.60. The predicted molar refractivity (Wildman–Crippen MR) is 96.1 cm³/mol. The average Bonchev–Trinajstić information content (AvgIpc) is 3.03. The van der Waals surface area contributed by atoms with Crippen LogP contribution in [-0.4, -0.2) is 55.8 Å². The minimum Gasteiger partial charge on any atom is -0.353 e. The number of nitro groups is 1. The maximum absolute atomic E-state index is 13.5. The van der Waals surface area contributed by atoms with E-state index in [1.165, 1.54) is 12.1 Å². The van der Waals surface area contributed by atoms with Gasteiger partial charge in [-0.25, -0.2) is 4.39 Å². The average molecular weight is 371 g/mol. The van der Waals surface area contributed by atoms with Crippen molar-refractivity contribution in [3.8, 4) is 0 Å². The van der Waals surface area contributed by atoms with Gasteiger partial charge >= 0.3 is 0 Å². The maximum Gasteiger partial charge on any atom is 0.274 e. The molecule has 9 nitrogen and oxygen atoms in total. The van der Waals surface area contributed by atoms with Gasteiger partial charge in [-0.1, -0.05) is 0 Å². The van der Waals surface area contributed by atoms with Crippen molar-refractivity contribution >= 4 is 17.2 Å². The molecule has 0 saturated carbocycles. The number of nitrogens with zero attached hydrogens (tertiary/aromatic N) is 7. The second-order valence-electron chi connectivity index (χ2n) is 6.50. The van der Waals surface area contributed by atoms with Crippen molar-refractivity contribution in [3.05, 3.63) is 57.7 Å². The number of nitro benzene ring substituents is 1. The quantitative estimate of drug-likeness (QED) is 0.510. The molecule has 1 aliphatic rings. The fourth-order valence-electron chi connectivity index (χ4n) is 3.29. The SMILES string of the molecule is Cc1nnc2ccc(N3CCN(Cc4cc(F)ccc4[N+](=O)[O-])CC3)nn12. The summed E-state index contributed by atoms with van der Waals surface area (Å²) in [5, 5.41) is 23.8. The number of piperazine rings is 1. The zero-order chi connectivity index (χ0) is 19.0. The van der Waals surface area contributed by atoms with E-state index in [1.54, 1.807) is 4.52 Å². The topological polar surface area (TPSA) is 92.7 Å². The monoisotopic (exact) mass is 371 g/mol. The molecule has 3 heterocycles. The van der Waals surface area contributed by atoms with Crippen LogP contribution in [0.4, 0.5) is 15.9 Å². The molecular formula is C17H18FN7O2. The summed E-state index contributed by atoms with van der Waals surface area (Å²) in [6.45, 7) is 5.05. The van der Waals surface area contributed by atoms with Crippen LogP contribution < -0.4 is 4.90 Å². The third-order valence-electron chi connectivity index (χ3n) is 4.73. The van der Waals surface area contributed by atoms with Gasteiger partial charge in [-0.2, -0.15) is 4.52 Å². The van der Waals surface area contributed by atoms with Crippen LogP contribution in [0.25, 0.3) is 5.65 Å². The Kier molecular flexibility index (Phi) is 4.40. The van der Waals surface area contributed by atoms with Gasteiger partial charge in [-0.3, -0.25) is 15.0 Å². The molecule has 0 amide bonds. The molecule has 0 atom stereocenters. The predicted octanol–water partition coefficient (Wildman–Crippen LogP) is 1.80. The number of hydrogen-bond donors (Lipinski definition) is 0. The smallest absolute Gasteiger partial charge is 0.274 e. The number of rotatable bonds is 4. The Morgan fingerprint density at radius 1 is 1.15 bits per heavy atom. The highest BCUT2D eigenvalue weighted by Gasteiger charge is 2.22. The van der Waals surface area contributed by atoms with Crippen molar-refractivity contribution in [2.75, 3.05) is 31.1 Å². The number of fused-ring (bicyclic) bond motifs is 1. The van der Waals surface area contributed by atoms with Crippen LogP contribution in [0.3, 0.4) is 0 Å². The van der Waals surface area contributed by atoms with Crippen molar-refractivity contribution in [2.24, 2.45) is 0 Å². The van der Waals surface area contributed by atoms with Gasteiger partial charge in [-0.15, -0.1) is 15.3 Å². The van der Waals surface area contributed by atoms with Gasteiger partial charge in [0.15, 0.2) is 11.5 Å². The largest absolute Gasteiger partial charge is 0.353 e. The van der Waals surface area contributed by atoms with Gasteiger partial charge in [0, 0.05) is 44.4 Å². The summed E-state index contributed by atoms with van der Waals surface area (Å²) in [6.07, 6.45) is 0. The molecule has 2 aromatic heterocycles. The van der Waals surface area contributed by atoms with Crippen molar-refractivity contribution in [1.29, 1.82) is 0 Å². The summed E-state index contributed by atoms with van der Waals surface area (Å²) in [7, 11) is 0. The highest BCUT2D eigenvalue weighted by Crippen LogP contribution is 2.22.